The van der Waals surface area contributed by atoms with E-state index >= 15 is 0 Å². The van der Waals surface area contributed by atoms with Gasteiger partial charge in [0, 0.05) is 11.3 Å². The van der Waals surface area contributed by atoms with Crippen LogP contribution in [-0.2, 0) is 10.2 Å². The lowest BCUT2D eigenvalue weighted by Gasteiger charge is -2.19. The minimum Gasteiger partial charge on any atom is -0.272 e. The molecule has 0 aliphatic carbocycles. The number of rotatable bonds is 7. The molecule has 4 rings (SSSR count). The number of halogens is 1. The summed E-state index contributed by atoms with van der Waals surface area (Å²) in [5.74, 6) is 0.127. The molecule has 0 fully saturated rings. The lowest BCUT2D eigenvalue weighted by molar-refractivity contribution is -0.118. The van der Waals surface area contributed by atoms with Crippen LogP contribution in [0.15, 0.2) is 83.1 Å². The molecule has 0 saturated carbocycles. The van der Waals surface area contributed by atoms with Crippen molar-refractivity contribution in [2.75, 3.05) is 5.75 Å². The number of hydrogen-bond acceptors (Lipinski definition) is 5. The Morgan fingerprint density at radius 1 is 1.06 bits per heavy atom. The van der Waals surface area contributed by atoms with Crippen LogP contribution in [-0.4, -0.2) is 32.6 Å². The summed E-state index contributed by atoms with van der Waals surface area (Å²) in [6.45, 7) is 8.57. The first kappa shape index (κ1) is 25.3. The molecule has 0 spiro atoms. The number of carbonyl (C=O) groups excluding carboxylic acids is 1. The predicted molar refractivity (Wildman–Crippen MR) is 143 cm³/mol. The molecule has 4 aromatic rings. The van der Waals surface area contributed by atoms with Gasteiger partial charge in [0.2, 0.25) is 0 Å². The van der Waals surface area contributed by atoms with Crippen molar-refractivity contribution in [2.45, 2.75) is 38.3 Å². The van der Waals surface area contributed by atoms with Crippen LogP contribution in [0.2, 0.25) is 0 Å². The van der Waals surface area contributed by atoms with Crippen molar-refractivity contribution < 1.29 is 9.18 Å². The molecular formula is C28H28FN5OS. The van der Waals surface area contributed by atoms with Crippen LogP contribution < -0.4 is 5.43 Å². The zero-order valence-electron chi connectivity index (χ0n) is 20.7. The second kappa shape index (κ2) is 10.9. The molecule has 8 heteroatoms. The molecule has 0 aliphatic heterocycles. The third-order valence-corrected chi connectivity index (χ3v) is 6.45. The van der Waals surface area contributed by atoms with Gasteiger partial charge < -0.3 is 0 Å². The number of aryl methyl sites for hydroxylation is 1. The second-order valence-electron chi connectivity index (χ2n) is 9.44. The molecule has 0 aliphatic rings. The molecule has 0 unspecified atom stereocenters. The molecule has 1 aromatic heterocycles. The zero-order valence-corrected chi connectivity index (χ0v) is 21.5. The summed E-state index contributed by atoms with van der Waals surface area (Å²) in [4.78, 5) is 12.4. The average Bonchev–Trinajstić information content (AvgIpc) is 3.27. The van der Waals surface area contributed by atoms with Crippen LogP contribution in [0.5, 0.6) is 0 Å². The topological polar surface area (TPSA) is 72.2 Å². The van der Waals surface area contributed by atoms with Crippen molar-refractivity contribution in [1.82, 2.24) is 20.2 Å². The molecule has 0 bridgehead atoms. The van der Waals surface area contributed by atoms with Crippen molar-refractivity contribution in [3.05, 3.63) is 95.3 Å². The molecule has 1 heterocycles. The van der Waals surface area contributed by atoms with Gasteiger partial charge in [-0.25, -0.2) is 9.82 Å². The Labute approximate surface area is 214 Å². The monoisotopic (exact) mass is 501 g/mol. The van der Waals surface area contributed by atoms with Crippen LogP contribution in [0.4, 0.5) is 4.39 Å². The molecule has 0 saturated heterocycles. The quantitative estimate of drug-likeness (QED) is 0.194. The Kier molecular flexibility index (Phi) is 7.64. The number of benzene rings is 3. The molecule has 1 amide bonds. The molecule has 3 aromatic carbocycles. The summed E-state index contributed by atoms with van der Waals surface area (Å²) in [5.41, 5.74) is 7.31. The smallest absolute Gasteiger partial charge is 0.250 e. The molecule has 36 heavy (non-hydrogen) atoms. The van der Waals surface area contributed by atoms with Crippen molar-refractivity contribution in [3.63, 3.8) is 0 Å². The Morgan fingerprint density at radius 3 is 2.44 bits per heavy atom. The van der Waals surface area contributed by atoms with Gasteiger partial charge in [-0.15, -0.1) is 10.2 Å². The number of hydrogen-bond donors (Lipinski definition) is 1. The van der Waals surface area contributed by atoms with E-state index in [-0.39, 0.29) is 22.9 Å². The first-order valence-corrected chi connectivity index (χ1v) is 12.5. The lowest BCUT2D eigenvalue weighted by atomic mass is 9.87. The minimum atomic E-state index is -0.361. The summed E-state index contributed by atoms with van der Waals surface area (Å²) in [6, 6.07) is 22.4. The normalized spacial score (nSPS) is 11.7. The highest BCUT2D eigenvalue weighted by molar-refractivity contribution is 7.99. The highest BCUT2D eigenvalue weighted by Gasteiger charge is 2.19. The van der Waals surface area contributed by atoms with Gasteiger partial charge in [0.25, 0.3) is 5.91 Å². The fourth-order valence-corrected chi connectivity index (χ4v) is 4.27. The highest BCUT2D eigenvalue weighted by Crippen LogP contribution is 2.30. The third-order valence-electron chi connectivity index (χ3n) is 5.52. The van der Waals surface area contributed by atoms with Gasteiger partial charge in [0.05, 0.1) is 12.0 Å². The number of aromatic nitrogens is 3. The summed E-state index contributed by atoms with van der Waals surface area (Å²) >= 11 is 1.27. The Hall–Kier alpha value is -3.78. The maximum absolute atomic E-state index is 13.3. The Morgan fingerprint density at radius 2 is 1.78 bits per heavy atom. The van der Waals surface area contributed by atoms with E-state index in [9.17, 15) is 9.18 Å². The van der Waals surface area contributed by atoms with E-state index in [2.05, 4.69) is 65.8 Å². The van der Waals surface area contributed by atoms with Crippen LogP contribution >= 0.6 is 11.8 Å². The van der Waals surface area contributed by atoms with Gasteiger partial charge in [-0.05, 0) is 47.7 Å². The van der Waals surface area contributed by atoms with E-state index in [0.29, 0.717) is 16.5 Å². The predicted octanol–water partition coefficient (Wildman–Crippen LogP) is 5.92. The minimum absolute atomic E-state index is 0.0503. The largest absolute Gasteiger partial charge is 0.272 e. The summed E-state index contributed by atoms with van der Waals surface area (Å²) < 4.78 is 15.2. The van der Waals surface area contributed by atoms with Crippen molar-refractivity contribution in [2.24, 2.45) is 5.10 Å². The maximum atomic E-state index is 13.3. The van der Waals surface area contributed by atoms with Gasteiger partial charge in [-0.3, -0.25) is 9.36 Å². The van der Waals surface area contributed by atoms with Crippen molar-refractivity contribution in [3.8, 4) is 17.1 Å². The average molecular weight is 502 g/mol. The number of hydrazone groups is 1. The molecule has 1 N–H and O–H groups in total. The summed E-state index contributed by atoms with van der Waals surface area (Å²) in [7, 11) is 0. The Balaban J connectivity index is 1.54. The van der Waals surface area contributed by atoms with E-state index in [1.807, 2.05) is 35.8 Å². The third kappa shape index (κ3) is 6.26. The molecule has 6 nitrogen and oxygen atoms in total. The summed E-state index contributed by atoms with van der Waals surface area (Å²) in [5, 5.41) is 13.4. The van der Waals surface area contributed by atoms with Crippen molar-refractivity contribution in [1.29, 1.82) is 0 Å². The summed E-state index contributed by atoms with van der Waals surface area (Å²) in [6.07, 6.45) is 1.40. The molecular weight excluding hydrogens is 473 g/mol. The number of carbonyl (C=O) groups is 1. The SMILES string of the molecule is Cc1ccc(-n2c(SCC(=O)NN=Cc3cccc(F)c3)nnc2-c2ccc(C(C)(C)C)cc2)cc1. The van der Waals surface area contributed by atoms with E-state index in [0.717, 1.165) is 16.8 Å². The van der Waals surface area contributed by atoms with Gasteiger partial charge in [0.1, 0.15) is 5.82 Å². The van der Waals surface area contributed by atoms with Crippen LogP contribution in [0.1, 0.15) is 37.5 Å². The number of amides is 1. The number of nitrogens with zero attached hydrogens (tertiary/aromatic N) is 4. The van der Waals surface area contributed by atoms with E-state index in [1.54, 1.807) is 12.1 Å². The molecule has 0 atom stereocenters. The van der Waals surface area contributed by atoms with Gasteiger partial charge in [-0.1, -0.05) is 86.6 Å². The lowest BCUT2D eigenvalue weighted by Crippen LogP contribution is -2.20. The maximum Gasteiger partial charge on any atom is 0.250 e. The van der Waals surface area contributed by atoms with E-state index in [1.165, 1.54) is 35.7 Å². The van der Waals surface area contributed by atoms with Crippen LogP contribution in [0, 0.1) is 12.7 Å². The fourth-order valence-electron chi connectivity index (χ4n) is 3.52. The van der Waals surface area contributed by atoms with E-state index in [4.69, 9.17) is 0 Å². The standard InChI is InChI=1S/C28H28FN5OS/c1-19-8-14-24(15-9-19)34-26(21-10-12-22(13-11-21)28(2,3)4)32-33-27(34)36-18-25(35)31-30-17-20-6-5-7-23(29)16-20/h5-17H,18H2,1-4H3,(H,31,35). The first-order chi connectivity index (χ1) is 17.2. The van der Waals surface area contributed by atoms with Gasteiger partial charge in [-0.2, -0.15) is 5.10 Å². The first-order valence-electron chi connectivity index (χ1n) is 11.5. The second-order valence-corrected chi connectivity index (χ2v) is 10.4. The molecule has 0 radical (unpaired) electrons. The molecule has 184 valence electrons. The zero-order chi connectivity index (χ0) is 25.7. The number of nitrogens with one attached hydrogen (secondary N) is 1. The van der Waals surface area contributed by atoms with Crippen molar-refractivity contribution >= 4 is 23.9 Å². The number of thioether (sulfide) groups is 1. The van der Waals surface area contributed by atoms with Crippen LogP contribution in [0.3, 0.4) is 0 Å². The van der Waals surface area contributed by atoms with Gasteiger partial charge in [0.15, 0.2) is 11.0 Å². The Bertz CT molecular complexity index is 1370. The van der Waals surface area contributed by atoms with Gasteiger partial charge >= 0.3 is 0 Å². The fraction of sp³-hybridized carbons (Fsp3) is 0.214. The highest BCUT2D eigenvalue weighted by atomic mass is 32.2. The van der Waals surface area contributed by atoms with E-state index < -0.39 is 0 Å². The van der Waals surface area contributed by atoms with Crippen LogP contribution in [0.25, 0.3) is 17.1 Å².